The van der Waals surface area contributed by atoms with Crippen molar-refractivity contribution >= 4 is 23.2 Å². The van der Waals surface area contributed by atoms with Crippen LogP contribution >= 0.6 is 0 Å². The van der Waals surface area contributed by atoms with E-state index in [4.69, 9.17) is 9.47 Å². The number of aryl methyl sites for hydroxylation is 1. The summed E-state index contributed by atoms with van der Waals surface area (Å²) in [6, 6.07) is 9.57. The van der Waals surface area contributed by atoms with Crippen LogP contribution in [0.15, 0.2) is 30.3 Å². The molecule has 1 aliphatic heterocycles. The van der Waals surface area contributed by atoms with E-state index >= 15 is 0 Å². The fourth-order valence-corrected chi connectivity index (χ4v) is 3.30. The Hall–Kier alpha value is -3.02. The van der Waals surface area contributed by atoms with Gasteiger partial charge in [0, 0.05) is 31.0 Å². The minimum Gasteiger partial charge on any atom is -0.496 e. The lowest BCUT2D eigenvalue weighted by Crippen LogP contribution is -2.24. The van der Waals surface area contributed by atoms with Crippen LogP contribution in [0.4, 0.5) is 11.4 Å². The highest BCUT2D eigenvalue weighted by atomic mass is 16.5. The number of hydrogen-bond acceptors (Lipinski definition) is 4. The second-order valence-corrected chi connectivity index (χ2v) is 6.35. The molecule has 0 spiro atoms. The first kappa shape index (κ1) is 17.8. The Morgan fingerprint density at radius 2 is 1.88 bits per heavy atom. The molecule has 3 rings (SSSR count). The molecule has 0 bridgehead atoms. The molecule has 0 fully saturated rings. The van der Waals surface area contributed by atoms with Gasteiger partial charge in [0.15, 0.2) is 0 Å². The second kappa shape index (κ2) is 7.07. The summed E-state index contributed by atoms with van der Waals surface area (Å²) in [4.78, 5) is 23.8. The van der Waals surface area contributed by atoms with E-state index in [9.17, 15) is 9.59 Å². The summed E-state index contributed by atoms with van der Waals surface area (Å²) in [5.41, 5.74) is 4.23. The van der Waals surface area contributed by atoms with Gasteiger partial charge in [0.25, 0.3) is 0 Å². The number of carbonyl (C=O) groups is 2. The van der Waals surface area contributed by atoms with Gasteiger partial charge in [-0.05, 0) is 35.7 Å². The van der Waals surface area contributed by atoms with Crippen LogP contribution in [0.2, 0.25) is 0 Å². The molecule has 6 nitrogen and oxygen atoms in total. The van der Waals surface area contributed by atoms with Gasteiger partial charge in [-0.2, -0.15) is 0 Å². The Kier molecular flexibility index (Phi) is 4.84. The molecule has 136 valence electrons. The molecule has 2 aromatic rings. The van der Waals surface area contributed by atoms with Crippen LogP contribution in [0.1, 0.15) is 36.0 Å². The summed E-state index contributed by atoms with van der Waals surface area (Å²) in [7, 11) is 3.16. The first-order valence-corrected chi connectivity index (χ1v) is 8.36. The summed E-state index contributed by atoms with van der Waals surface area (Å²) in [6.45, 7) is 3.42. The minimum absolute atomic E-state index is 0.0589. The van der Waals surface area contributed by atoms with Gasteiger partial charge in [0.05, 0.1) is 19.9 Å². The largest absolute Gasteiger partial charge is 0.496 e. The molecule has 2 amide bonds. The molecule has 0 aliphatic carbocycles. The van der Waals surface area contributed by atoms with Gasteiger partial charge in [-0.15, -0.1) is 0 Å². The quantitative estimate of drug-likeness (QED) is 0.882. The van der Waals surface area contributed by atoms with Gasteiger partial charge in [-0.3, -0.25) is 9.59 Å². The lowest BCUT2D eigenvalue weighted by molar-refractivity contribution is -0.117. The molecule has 1 aliphatic rings. The number of carbonyl (C=O) groups excluding carboxylic acids is 2. The van der Waals surface area contributed by atoms with Crippen LogP contribution < -0.4 is 20.1 Å². The average Bonchev–Trinajstić information content (AvgIpc) is 2.60. The first-order valence-electron chi connectivity index (χ1n) is 8.36. The molecule has 2 aromatic carbocycles. The standard InChI is InChI=1S/C20H22N2O4/c1-11-5-6-13(7-18(11)25-3)14-9-20(24)22-16-10-19(26-4)17(8-15(14)16)21-12(2)23/h5-8,10,14H,9H2,1-4H3,(H,21,23)(H,22,24). The average molecular weight is 354 g/mol. The van der Waals surface area contributed by atoms with Gasteiger partial charge in [0.2, 0.25) is 11.8 Å². The molecule has 0 saturated carbocycles. The topological polar surface area (TPSA) is 76.7 Å². The van der Waals surface area contributed by atoms with Gasteiger partial charge in [0.1, 0.15) is 11.5 Å². The van der Waals surface area contributed by atoms with Crippen molar-refractivity contribution in [3.05, 3.63) is 47.0 Å². The van der Waals surface area contributed by atoms with Crippen molar-refractivity contribution in [3.8, 4) is 11.5 Å². The van der Waals surface area contributed by atoms with E-state index in [1.165, 1.54) is 14.0 Å². The van der Waals surface area contributed by atoms with E-state index in [-0.39, 0.29) is 17.7 Å². The maximum atomic E-state index is 12.2. The van der Waals surface area contributed by atoms with Crippen LogP contribution in [0.5, 0.6) is 11.5 Å². The lowest BCUT2D eigenvalue weighted by Gasteiger charge is -2.28. The van der Waals surface area contributed by atoms with Crippen molar-refractivity contribution in [2.75, 3.05) is 24.9 Å². The Morgan fingerprint density at radius 1 is 1.15 bits per heavy atom. The van der Waals surface area contributed by atoms with E-state index in [0.29, 0.717) is 23.5 Å². The normalized spacial score (nSPS) is 15.7. The summed E-state index contributed by atoms with van der Waals surface area (Å²) >= 11 is 0. The van der Waals surface area contributed by atoms with E-state index in [1.54, 1.807) is 13.2 Å². The molecule has 1 atom stereocenters. The Morgan fingerprint density at radius 3 is 2.54 bits per heavy atom. The molecule has 0 saturated heterocycles. The number of fused-ring (bicyclic) bond motifs is 1. The highest BCUT2D eigenvalue weighted by molar-refractivity contribution is 5.98. The number of benzene rings is 2. The van der Waals surface area contributed by atoms with Crippen LogP contribution in [-0.4, -0.2) is 26.0 Å². The van der Waals surface area contributed by atoms with Gasteiger partial charge in [-0.25, -0.2) is 0 Å². The van der Waals surface area contributed by atoms with E-state index in [2.05, 4.69) is 10.6 Å². The van der Waals surface area contributed by atoms with Gasteiger partial charge >= 0.3 is 0 Å². The summed E-state index contributed by atoms with van der Waals surface area (Å²) < 4.78 is 10.8. The highest BCUT2D eigenvalue weighted by Crippen LogP contribution is 2.43. The molecule has 6 heteroatoms. The van der Waals surface area contributed by atoms with E-state index in [1.807, 2.05) is 31.2 Å². The predicted molar refractivity (Wildman–Crippen MR) is 100 cm³/mol. The fraction of sp³-hybridized carbons (Fsp3) is 0.300. The van der Waals surface area contributed by atoms with E-state index in [0.717, 1.165) is 22.4 Å². The third-order valence-corrected chi connectivity index (χ3v) is 4.56. The molecule has 1 unspecified atom stereocenters. The highest BCUT2D eigenvalue weighted by Gasteiger charge is 2.28. The molecule has 2 N–H and O–H groups in total. The van der Waals surface area contributed by atoms with E-state index < -0.39 is 0 Å². The smallest absolute Gasteiger partial charge is 0.225 e. The van der Waals surface area contributed by atoms with Crippen molar-refractivity contribution in [1.29, 1.82) is 0 Å². The van der Waals surface area contributed by atoms with Crippen molar-refractivity contribution in [3.63, 3.8) is 0 Å². The van der Waals surface area contributed by atoms with Crippen LogP contribution in [0.3, 0.4) is 0 Å². The zero-order valence-corrected chi connectivity index (χ0v) is 15.3. The van der Waals surface area contributed by atoms with Gasteiger partial charge in [-0.1, -0.05) is 12.1 Å². The fourth-order valence-electron chi connectivity index (χ4n) is 3.30. The number of amides is 2. The number of methoxy groups -OCH3 is 2. The Balaban J connectivity index is 2.12. The summed E-state index contributed by atoms with van der Waals surface area (Å²) in [5, 5.41) is 5.68. The number of ether oxygens (including phenoxy) is 2. The molecule has 0 aromatic heterocycles. The second-order valence-electron chi connectivity index (χ2n) is 6.35. The van der Waals surface area contributed by atoms with Crippen LogP contribution in [0, 0.1) is 6.92 Å². The van der Waals surface area contributed by atoms with Crippen molar-refractivity contribution in [1.82, 2.24) is 0 Å². The Labute approximate surface area is 152 Å². The Bertz CT molecular complexity index is 876. The van der Waals surface area contributed by atoms with Gasteiger partial charge < -0.3 is 20.1 Å². The van der Waals surface area contributed by atoms with Crippen molar-refractivity contribution in [2.45, 2.75) is 26.2 Å². The third-order valence-electron chi connectivity index (χ3n) is 4.56. The van der Waals surface area contributed by atoms with Crippen LogP contribution in [0.25, 0.3) is 0 Å². The van der Waals surface area contributed by atoms with Crippen molar-refractivity contribution in [2.24, 2.45) is 0 Å². The molecule has 1 heterocycles. The molecule has 26 heavy (non-hydrogen) atoms. The third kappa shape index (κ3) is 3.35. The number of hydrogen-bond donors (Lipinski definition) is 2. The number of rotatable bonds is 4. The molecular weight excluding hydrogens is 332 g/mol. The lowest BCUT2D eigenvalue weighted by atomic mass is 9.84. The SMILES string of the molecule is COc1cc(C2CC(=O)Nc3cc(OC)c(NC(C)=O)cc32)ccc1C. The molecular formula is C20H22N2O4. The van der Waals surface area contributed by atoms with Crippen molar-refractivity contribution < 1.29 is 19.1 Å². The minimum atomic E-state index is -0.184. The number of anilines is 2. The number of nitrogens with one attached hydrogen (secondary N) is 2. The maximum absolute atomic E-state index is 12.2. The summed E-state index contributed by atoms with van der Waals surface area (Å²) in [5.74, 6) is 0.909. The zero-order valence-electron chi connectivity index (χ0n) is 15.3. The monoisotopic (exact) mass is 354 g/mol. The zero-order chi connectivity index (χ0) is 18.8. The van der Waals surface area contributed by atoms with Crippen LogP contribution in [-0.2, 0) is 9.59 Å². The summed E-state index contributed by atoms with van der Waals surface area (Å²) in [6.07, 6.45) is 0.324. The maximum Gasteiger partial charge on any atom is 0.225 e. The predicted octanol–water partition coefficient (Wildman–Crippen LogP) is 3.44. The first-order chi connectivity index (χ1) is 12.4. The molecule has 0 radical (unpaired) electrons.